The van der Waals surface area contributed by atoms with E-state index >= 15 is 0 Å². The molecule has 3 rings (SSSR count). The predicted octanol–water partition coefficient (Wildman–Crippen LogP) is 3.75. The van der Waals surface area contributed by atoms with Gasteiger partial charge in [0.15, 0.2) is 5.78 Å². The van der Waals surface area contributed by atoms with Crippen molar-refractivity contribution in [2.45, 2.75) is 24.8 Å². The number of amides is 1. The highest BCUT2D eigenvalue weighted by Crippen LogP contribution is 2.23. The standard InChI is InChI=1S/C25H26N2O3/c28-24(22(16-17-26-30)20-12-6-2-7-13-20)23(18-19-10-4-1-5-11-19)27-25(29)21-14-8-3-9-15-21/h1-15,22-23,26,30H,16-18H2,(H,27,29)/t22?,23-/m0/s1. The minimum absolute atomic E-state index is 0.0791. The second kappa shape index (κ2) is 11.0. The van der Waals surface area contributed by atoms with Crippen molar-refractivity contribution in [1.29, 1.82) is 0 Å². The van der Waals surface area contributed by atoms with Crippen LogP contribution < -0.4 is 10.8 Å². The molecule has 0 aliphatic rings. The van der Waals surface area contributed by atoms with Crippen molar-refractivity contribution in [1.82, 2.24) is 10.8 Å². The van der Waals surface area contributed by atoms with Gasteiger partial charge in [0.25, 0.3) is 5.91 Å². The fraction of sp³-hybridized carbons (Fsp3) is 0.200. The predicted molar refractivity (Wildman–Crippen MR) is 116 cm³/mol. The smallest absolute Gasteiger partial charge is 0.251 e. The first-order valence-corrected chi connectivity index (χ1v) is 10.0. The van der Waals surface area contributed by atoms with Crippen LogP contribution in [0.25, 0.3) is 0 Å². The van der Waals surface area contributed by atoms with Gasteiger partial charge in [-0.15, -0.1) is 0 Å². The zero-order valence-electron chi connectivity index (χ0n) is 16.7. The Morgan fingerprint density at radius 2 is 1.37 bits per heavy atom. The molecule has 0 radical (unpaired) electrons. The molecule has 3 N–H and O–H groups in total. The van der Waals surface area contributed by atoms with Crippen molar-refractivity contribution in [3.05, 3.63) is 108 Å². The summed E-state index contributed by atoms with van der Waals surface area (Å²) in [5.41, 5.74) is 4.48. The molecule has 3 aromatic carbocycles. The first kappa shape index (κ1) is 21.4. The summed E-state index contributed by atoms with van der Waals surface area (Å²) in [7, 11) is 0. The molecule has 0 saturated carbocycles. The summed E-state index contributed by atoms with van der Waals surface area (Å²) in [6.45, 7) is 0.274. The van der Waals surface area contributed by atoms with Gasteiger partial charge in [-0.2, -0.15) is 0 Å². The van der Waals surface area contributed by atoms with Crippen LogP contribution in [0.15, 0.2) is 91.0 Å². The lowest BCUT2D eigenvalue weighted by molar-refractivity contribution is -0.122. The number of hydroxylamine groups is 1. The number of rotatable bonds is 10. The van der Waals surface area contributed by atoms with Crippen molar-refractivity contribution >= 4 is 11.7 Å². The minimum atomic E-state index is -0.691. The molecule has 0 aliphatic carbocycles. The van der Waals surface area contributed by atoms with E-state index in [1.54, 1.807) is 24.3 Å². The SMILES string of the molecule is O=C(N[C@@H](Cc1ccccc1)C(=O)C(CCNO)c1ccccc1)c1ccccc1. The van der Waals surface area contributed by atoms with Crippen LogP contribution in [0.4, 0.5) is 0 Å². The Labute approximate surface area is 176 Å². The lowest BCUT2D eigenvalue weighted by Crippen LogP contribution is -2.45. The lowest BCUT2D eigenvalue weighted by Gasteiger charge is -2.24. The summed E-state index contributed by atoms with van der Waals surface area (Å²) < 4.78 is 0. The zero-order chi connectivity index (χ0) is 21.2. The maximum Gasteiger partial charge on any atom is 0.251 e. The number of benzene rings is 3. The summed E-state index contributed by atoms with van der Waals surface area (Å²) in [4.78, 5) is 26.4. The van der Waals surface area contributed by atoms with Gasteiger partial charge in [-0.1, -0.05) is 78.9 Å². The van der Waals surface area contributed by atoms with E-state index in [1.165, 1.54) is 0 Å². The second-order valence-electron chi connectivity index (χ2n) is 7.14. The van der Waals surface area contributed by atoms with Gasteiger partial charge in [0, 0.05) is 18.0 Å². The van der Waals surface area contributed by atoms with Gasteiger partial charge < -0.3 is 10.5 Å². The number of nitrogens with one attached hydrogen (secondary N) is 2. The van der Waals surface area contributed by atoms with Crippen LogP contribution in [0, 0.1) is 0 Å². The van der Waals surface area contributed by atoms with E-state index in [-0.39, 0.29) is 18.2 Å². The first-order chi connectivity index (χ1) is 14.7. The van der Waals surface area contributed by atoms with Gasteiger partial charge in [-0.25, -0.2) is 5.48 Å². The van der Waals surface area contributed by atoms with Crippen molar-refractivity contribution < 1.29 is 14.8 Å². The Morgan fingerprint density at radius 1 is 0.800 bits per heavy atom. The average molecular weight is 402 g/mol. The Hall–Kier alpha value is -3.28. The maximum atomic E-state index is 13.6. The van der Waals surface area contributed by atoms with Crippen LogP contribution in [-0.2, 0) is 11.2 Å². The summed E-state index contributed by atoms with van der Waals surface area (Å²) in [5, 5.41) is 12.0. The number of hydrogen-bond acceptors (Lipinski definition) is 4. The average Bonchev–Trinajstić information content (AvgIpc) is 2.80. The number of ketones is 1. The Kier molecular flexibility index (Phi) is 7.89. The molecule has 0 bridgehead atoms. The van der Waals surface area contributed by atoms with Gasteiger partial charge in [0.1, 0.15) is 0 Å². The normalized spacial score (nSPS) is 12.7. The molecule has 3 aromatic rings. The summed E-state index contributed by atoms with van der Waals surface area (Å²) >= 11 is 0. The molecule has 2 atom stereocenters. The highest BCUT2D eigenvalue weighted by molar-refractivity contribution is 5.99. The fourth-order valence-corrected chi connectivity index (χ4v) is 3.51. The summed E-state index contributed by atoms with van der Waals surface area (Å²) in [5.74, 6) is -0.808. The summed E-state index contributed by atoms with van der Waals surface area (Å²) in [6.07, 6.45) is 0.819. The monoisotopic (exact) mass is 402 g/mol. The van der Waals surface area contributed by atoms with E-state index in [1.807, 2.05) is 66.7 Å². The van der Waals surface area contributed by atoms with Crippen LogP contribution in [0.5, 0.6) is 0 Å². The van der Waals surface area contributed by atoms with Crippen LogP contribution in [0.1, 0.15) is 33.8 Å². The molecule has 5 heteroatoms. The van der Waals surface area contributed by atoms with Crippen LogP contribution in [-0.4, -0.2) is 29.5 Å². The Bertz CT molecular complexity index is 930. The molecule has 1 unspecified atom stereocenters. The Balaban J connectivity index is 1.88. The third-order valence-electron chi connectivity index (χ3n) is 5.06. The Morgan fingerprint density at radius 3 is 1.97 bits per heavy atom. The molecule has 0 spiro atoms. The van der Waals surface area contributed by atoms with Crippen LogP contribution >= 0.6 is 0 Å². The van der Waals surface area contributed by atoms with E-state index in [0.717, 1.165) is 11.1 Å². The van der Waals surface area contributed by atoms with Gasteiger partial charge in [-0.3, -0.25) is 9.59 Å². The highest BCUT2D eigenvalue weighted by Gasteiger charge is 2.29. The fourth-order valence-electron chi connectivity index (χ4n) is 3.51. The molecular formula is C25H26N2O3. The second-order valence-corrected chi connectivity index (χ2v) is 7.14. The number of hydrogen-bond donors (Lipinski definition) is 3. The number of carbonyl (C=O) groups excluding carboxylic acids is 2. The molecule has 154 valence electrons. The largest absolute Gasteiger partial charge is 0.342 e. The molecule has 0 aromatic heterocycles. The van der Waals surface area contributed by atoms with E-state index < -0.39 is 12.0 Å². The van der Waals surface area contributed by atoms with Crippen molar-refractivity contribution in [2.75, 3.05) is 6.54 Å². The van der Waals surface area contributed by atoms with Gasteiger partial charge in [0.2, 0.25) is 0 Å². The van der Waals surface area contributed by atoms with Crippen molar-refractivity contribution in [3.8, 4) is 0 Å². The highest BCUT2D eigenvalue weighted by atomic mass is 16.5. The van der Waals surface area contributed by atoms with E-state index in [4.69, 9.17) is 5.21 Å². The van der Waals surface area contributed by atoms with Crippen molar-refractivity contribution in [3.63, 3.8) is 0 Å². The lowest BCUT2D eigenvalue weighted by atomic mass is 9.86. The number of Topliss-reactive ketones (excluding diaryl/α,β-unsaturated/α-hetero) is 1. The topological polar surface area (TPSA) is 78.4 Å². The summed E-state index contributed by atoms with van der Waals surface area (Å²) in [6, 6.07) is 27.3. The van der Waals surface area contributed by atoms with E-state index in [0.29, 0.717) is 18.4 Å². The van der Waals surface area contributed by atoms with Crippen LogP contribution in [0.2, 0.25) is 0 Å². The van der Waals surface area contributed by atoms with Crippen molar-refractivity contribution in [2.24, 2.45) is 0 Å². The third-order valence-corrected chi connectivity index (χ3v) is 5.06. The minimum Gasteiger partial charge on any atom is -0.342 e. The van der Waals surface area contributed by atoms with Gasteiger partial charge in [-0.05, 0) is 36.1 Å². The molecule has 0 heterocycles. The maximum absolute atomic E-state index is 13.6. The number of carbonyl (C=O) groups is 2. The molecule has 0 saturated heterocycles. The molecule has 5 nitrogen and oxygen atoms in total. The van der Waals surface area contributed by atoms with E-state index in [9.17, 15) is 9.59 Å². The molecule has 1 amide bonds. The zero-order valence-corrected chi connectivity index (χ0v) is 16.7. The van der Waals surface area contributed by atoms with Gasteiger partial charge in [0.05, 0.1) is 6.04 Å². The molecule has 0 fully saturated rings. The van der Waals surface area contributed by atoms with Crippen LogP contribution in [0.3, 0.4) is 0 Å². The quantitative estimate of drug-likeness (QED) is 0.451. The first-order valence-electron chi connectivity index (χ1n) is 10.0. The third kappa shape index (κ3) is 5.86. The molecule has 30 heavy (non-hydrogen) atoms. The molecular weight excluding hydrogens is 376 g/mol. The molecule has 0 aliphatic heterocycles. The van der Waals surface area contributed by atoms with Gasteiger partial charge >= 0.3 is 0 Å². The van der Waals surface area contributed by atoms with E-state index in [2.05, 4.69) is 10.8 Å².